The third kappa shape index (κ3) is 2.48. The molecule has 0 radical (unpaired) electrons. The van der Waals surface area contributed by atoms with Crippen LogP contribution < -0.4 is 5.32 Å². The zero-order valence-corrected chi connectivity index (χ0v) is 11.8. The van der Waals surface area contributed by atoms with Crippen molar-refractivity contribution in [1.29, 1.82) is 0 Å². The van der Waals surface area contributed by atoms with E-state index in [1.165, 1.54) is 11.1 Å². The van der Waals surface area contributed by atoms with Crippen molar-refractivity contribution in [2.24, 2.45) is 5.92 Å². The fraction of sp³-hybridized carbons (Fsp3) is 0.333. The van der Waals surface area contributed by atoms with Gasteiger partial charge >= 0.3 is 0 Å². The average molecular weight is 269 g/mol. The quantitative estimate of drug-likeness (QED) is 0.891. The Hall–Kier alpha value is -1.67. The summed E-state index contributed by atoms with van der Waals surface area (Å²) in [7, 11) is 1.93. The summed E-state index contributed by atoms with van der Waals surface area (Å²) in [6.45, 7) is 0. The molecule has 2 heteroatoms. The highest BCUT2D eigenvalue weighted by atomic mass is 19.1. The van der Waals surface area contributed by atoms with Crippen molar-refractivity contribution in [3.8, 4) is 0 Å². The second-order valence-electron chi connectivity index (χ2n) is 5.56. The van der Waals surface area contributed by atoms with Gasteiger partial charge in [-0.25, -0.2) is 4.39 Å². The van der Waals surface area contributed by atoms with Gasteiger partial charge < -0.3 is 5.32 Å². The van der Waals surface area contributed by atoms with E-state index in [0.717, 1.165) is 24.8 Å². The number of halogens is 1. The third-order valence-corrected chi connectivity index (χ3v) is 4.41. The first-order valence-electron chi connectivity index (χ1n) is 7.28. The van der Waals surface area contributed by atoms with Crippen LogP contribution in [0.3, 0.4) is 0 Å². The molecule has 1 aliphatic rings. The number of nitrogens with one attached hydrogen (secondary N) is 1. The first-order chi connectivity index (χ1) is 9.79. The Balaban J connectivity index is 1.87. The molecule has 1 nitrogen and oxygen atoms in total. The maximum atomic E-state index is 14.0. The maximum Gasteiger partial charge on any atom is 0.127 e. The lowest BCUT2D eigenvalue weighted by Crippen LogP contribution is -2.30. The molecule has 0 bridgehead atoms. The summed E-state index contributed by atoms with van der Waals surface area (Å²) in [5.74, 6) is 0.345. The SMILES string of the molecule is CNC(c1ccccc1F)C1CCc2ccccc2C1. The molecule has 0 fully saturated rings. The van der Waals surface area contributed by atoms with Gasteiger partial charge in [0.15, 0.2) is 0 Å². The van der Waals surface area contributed by atoms with E-state index in [1.807, 2.05) is 19.2 Å². The van der Waals surface area contributed by atoms with E-state index in [2.05, 4.69) is 29.6 Å². The van der Waals surface area contributed by atoms with E-state index in [4.69, 9.17) is 0 Å². The molecule has 2 aromatic carbocycles. The third-order valence-electron chi connectivity index (χ3n) is 4.41. The largest absolute Gasteiger partial charge is 0.313 e. The summed E-state index contributed by atoms with van der Waals surface area (Å²) in [5.41, 5.74) is 3.66. The highest BCUT2D eigenvalue weighted by Crippen LogP contribution is 2.34. The van der Waals surface area contributed by atoms with Crippen LogP contribution in [0.2, 0.25) is 0 Å². The number of benzene rings is 2. The molecule has 0 aliphatic heterocycles. The predicted octanol–water partition coefficient (Wildman–Crippen LogP) is 3.89. The molecule has 1 N–H and O–H groups in total. The van der Waals surface area contributed by atoms with E-state index in [-0.39, 0.29) is 11.9 Å². The Kier molecular flexibility index (Phi) is 3.83. The highest BCUT2D eigenvalue weighted by molar-refractivity contribution is 5.31. The van der Waals surface area contributed by atoms with Crippen molar-refractivity contribution in [2.45, 2.75) is 25.3 Å². The van der Waals surface area contributed by atoms with Crippen LogP contribution >= 0.6 is 0 Å². The van der Waals surface area contributed by atoms with Crippen LogP contribution in [-0.4, -0.2) is 7.05 Å². The second-order valence-corrected chi connectivity index (χ2v) is 5.56. The molecular formula is C18H20FN. The minimum Gasteiger partial charge on any atom is -0.313 e. The first kappa shape index (κ1) is 13.3. The lowest BCUT2D eigenvalue weighted by Gasteiger charge is -2.32. The standard InChI is InChI=1S/C18H20FN/c1-20-18(16-8-4-5-9-17(16)19)15-11-10-13-6-2-3-7-14(13)12-15/h2-9,15,18,20H,10-12H2,1H3. The van der Waals surface area contributed by atoms with Gasteiger partial charge in [-0.1, -0.05) is 42.5 Å². The monoisotopic (exact) mass is 269 g/mol. The zero-order valence-electron chi connectivity index (χ0n) is 11.8. The van der Waals surface area contributed by atoms with Crippen molar-refractivity contribution in [1.82, 2.24) is 5.32 Å². The molecule has 104 valence electrons. The molecule has 0 saturated heterocycles. The van der Waals surface area contributed by atoms with Crippen LogP contribution in [0.25, 0.3) is 0 Å². The molecule has 0 heterocycles. The van der Waals surface area contributed by atoms with Crippen LogP contribution in [0.5, 0.6) is 0 Å². The molecule has 0 amide bonds. The number of aryl methyl sites for hydroxylation is 1. The average Bonchev–Trinajstić information content (AvgIpc) is 2.50. The van der Waals surface area contributed by atoms with Gasteiger partial charge in [0.05, 0.1) is 0 Å². The van der Waals surface area contributed by atoms with Crippen molar-refractivity contribution in [3.05, 3.63) is 71.0 Å². The van der Waals surface area contributed by atoms with Gasteiger partial charge in [-0.2, -0.15) is 0 Å². The Morgan fingerprint density at radius 3 is 2.50 bits per heavy atom. The lowest BCUT2D eigenvalue weighted by molar-refractivity contribution is 0.334. The Bertz CT molecular complexity index is 593. The van der Waals surface area contributed by atoms with Crippen molar-refractivity contribution in [3.63, 3.8) is 0 Å². The van der Waals surface area contributed by atoms with Gasteiger partial charge in [0.1, 0.15) is 5.82 Å². The van der Waals surface area contributed by atoms with E-state index >= 15 is 0 Å². The number of rotatable bonds is 3. The Morgan fingerprint density at radius 2 is 1.75 bits per heavy atom. The van der Waals surface area contributed by atoms with Crippen LogP contribution in [0.4, 0.5) is 4.39 Å². The van der Waals surface area contributed by atoms with Gasteiger partial charge in [0.2, 0.25) is 0 Å². The normalized spacial score (nSPS) is 19.4. The van der Waals surface area contributed by atoms with Crippen LogP contribution in [-0.2, 0) is 12.8 Å². The molecule has 1 aliphatic carbocycles. The van der Waals surface area contributed by atoms with Gasteiger partial charge in [-0.15, -0.1) is 0 Å². The van der Waals surface area contributed by atoms with Crippen LogP contribution in [0.15, 0.2) is 48.5 Å². The minimum atomic E-state index is -0.106. The summed E-state index contributed by atoms with van der Waals surface area (Å²) in [5, 5.41) is 3.32. The Labute approximate surface area is 119 Å². The summed E-state index contributed by atoms with van der Waals surface area (Å²) < 4.78 is 14.0. The van der Waals surface area contributed by atoms with Crippen molar-refractivity contribution >= 4 is 0 Å². The number of hydrogen-bond donors (Lipinski definition) is 1. The molecule has 20 heavy (non-hydrogen) atoms. The van der Waals surface area contributed by atoms with Gasteiger partial charge in [0, 0.05) is 11.6 Å². The summed E-state index contributed by atoms with van der Waals surface area (Å²) >= 11 is 0. The van der Waals surface area contributed by atoms with Gasteiger partial charge in [0.25, 0.3) is 0 Å². The maximum absolute atomic E-state index is 14.0. The molecular weight excluding hydrogens is 249 g/mol. The van der Waals surface area contributed by atoms with E-state index < -0.39 is 0 Å². The molecule has 0 aromatic heterocycles. The van der Waals surface area contributed by atoms with Crippen molar-refractivity contribution < 1.29 is 4.39 Å². The topological polar surface area (TPSA) is 12.0 Å². The summed E-state index contributed by atoms with van der Waals surface area (Å²) in [6, 6.07) is 15.8. The zero-order chi connectivity index (χ0) is 13.9. The van der Waals surface area contributed by atoms with Crippen molar-refractivity contribution in [2.75, 3.05) is 7.05 Å². The molecule has 3 rings (SSSR count). The number of fused-ring (bicyclic) bond motifs is 1. The molecule has 0 saturated carbocycles. The molecule has 2 atom stereocenters. The summed E-state index contributed by atoms with van der Waals surface area (Å²) in [6.07, 6.45) is 3.22. The van der Waals surface area contributed by atoms with Crippen LogP contribution in [0.1, 0.15) is 29.2 Å². The first-order valence-corrected chi connectivity index (χ1v) is 7.28. The number of hydrogen-bond acceptors (Lipinski definition) is 1. The fourth-order valence-corrected chi connectivity index (χ4v) is 3.38. The van der Waals surface area contributed by atoms with Crippen LogP contribution in [0, 0.1) is 11.7 Å². The van der Waals surface area contributed by atoms with Gasteiger partial charge in [-0.3, -0.25) is 0 Å². The predicted molar refractivity (Wildman–Crippen MR) is 80.2 cm³/mol. The van der Waals surface area contributed by atoms with Gasteiger partial charge in [-0.05, 0) is 49.4 Å². The fourth-order valence-electron chi connectivity index (χ4n) is 3.38. The molecule has 2 aromatic rings. The summed E-state index contributed by atoms with van der Waals surface area (Å²) in [4.78, 5) is 0. The highest BCUT2D eigenvalue weighted by Gasteiger charge is 2.27. The van der Waals surface area contributed by atoms with E-state index in [1.54, 1.807) is 12.1 Å². The molecule has 0 spiro atoms. The molecule has 2 unspecified atom stereocenters. The lowest BCUT2D eigenvalue weighted by atomic mass is 9.78. The minimum absolute atomic E-state index is 0.0876. The second kappa shape index (κ2) is 5.76. The van der Waals surface area contributed by atoms with E-state index in [0.29, 0.717) is 5.92 Å². The van der Waals surface area contributed by atoms with E-state index in [9.17, 15) is 4.39 Å². The Morgan fingerprint density at radius 1 is 1.05 bits per heavy atom. The smallest absolute Gasteiger partial charge is 0.127 e.